The molecule has 4 aromatic rings. The number of allylic oxidation sites excluding steroid dienone is 4. The fourth-order valence-corrected chi connectivity index (χ4v) is 8.88. The van der Waals surface area contributed by atoms with Gasteiger partial charge < -0.3 is 14.3 Å². The lowest BCUT2D eigenvalue weighted by atomic mass is 9.46. The number of Topliss-reactive ketones (excluding diaryl/α,β-unsaturated/α-hetero) is 2. The van der Waals surface area contributed by atoms with Gasteiger partial charge in [-0.15, -0.1) is 0 Å². The summed E-state index contributed by atoms with van der Waals surface area (Å²) in [5, 5.41) is 9.20. The van der Waals surface area contributed by atoms with Crippen molar-refractivity contribution >= 4 is 40.2 Å². The Bertz CT molecular complexity index is 2070. The molecule has 4 aliphatic rings. The first kappa shape index (κ1) is 31.1. The van der Waals surface area contributed by atoms with Gasteiger partial charge in [-0.2, -0.15) is 0 Å². The molecule has 2 amide bonds. The van der Waals surface area contributed by atoms with Gasteiger partial charge in [0, 0.05) is 17.4 Å². The molecule has 3 aromatic carbocycles. The monoisotopic (exact) mass is 656 g/mol. The Morgan fingerprint density at radius 3 is 2.37 bits per heavy atom. The fourth-order valence-electron chi connectivity index (χ4n) is 8.88. The number of imide groups is 1. The number of benzene rings is 3. The molecule has 9 heteroatoms. The second kappa shape index (κ2) is 11.5. The van der Waals surface area contributed by atoms with Crippen LogP contribution >= 0.6 is 0 Å². The van der Waals surface area contributed by atoms with E-state index in [0.717, 1.165) is 22.2 Å². The molecule has 1 aliphatic heterocycles. The minimum Gasteiger partial charge on any atom is -0.491 e. The normalized spacial score (nSPS) is 28.0. The van der Waals surface area contributed by atoms with Crippen LogP contribution in [-0.4, -0.2) is 46.7 Å². The van der Waals surface area contributed by atoms with Gasteiger partial charge in [0.05, 0.1) is 29.5 Å². The summed E-state index contributed by atoms with van der Waals surface area (Å²) in [4.78, 5) is 62.5. The van der Waals surface area contributed by atoms with Crippen LogP contribution in [0.15, 0.2) is 100 Å². The zero-order valence-electron chi connectivity index (χ0n) is 27.5. The highest BCUT2D eigenvalue weighted by atomic mass is 16.5. The largest absolute Gasteiger partial charge is 0.491 e. The summed E-state index contributed by atoms with van der Waals surface area (Å²) in [6.45, 7) is 5.37. The Kier molecular flexibility index (Phi) is 7.30. The van der Waals surface area contributed by atoms with Gasteiger partial charge in [0.2, 0.25) is 17.7 Å². The van der Waals surface area contributed by atoms with E-state index in [2.05, 4.69) is 11.1 Å². The maximum Gasteiger partial charge on any atom is 0.238 e. The van der Waals surface area contributed by atoms with Crippen molar-refractivity contribution in [1.82, 2.24) is 4.98 Å². The highest BCUT2D eigenvalue weighted by Crippen LogP contribution is 2.63. The third kappa shape index (κ3) is 4.59. The topological polar surface area (TPSA) is 127 Å². The number of rotatable bonds is 6. The van der Waals surface area contributed by atoms with E-state index in [1.165, 1.54) is 4.90 Å². The third-order valence-electron chi connectivity index (χ3n) is 11.4. The number of aliphatic hydroxyl groups is 1. The number of amides is 2. The van der Waals surface area contributed by atoms with Crippen LogP contribution in [0.25, 0.3) is 22.6 Å². The van der Waals surface area contributed by atoms with Crippen LogP contribution in [0.1, 0.15) is 45.1 Å². The quantitative estimate of drug-likeness (QED) is 0.192. The molecule has 0 radical (unpaired) electrons. The molecule has 0 unspecified atom stereocenters. The second-order valence-electron chi connectivity index (χ2n) is 13.8. The lowest BCUT2D eigenvalue weighted by molar-refractivity contribution is -0.142. The Balaban J connectivity index is 1.16. The number of aromatic nitrogens is 1. The van der Waals surface area contributed by atoms with Crippen LogP contribution in [-0.2, 0) is 19.2 Å². The molecule has 2 fully saturated rings. The van der Waals surface area contributed by atoms with Gasteiger partial charge in [-0.05, 0) is 97.8 Å². The predicted molar refractivity (Wildman–Crippen MR) is 181 cm³/mol. The molecule has 49 heavy (non-hydrogen) atoms. The molecule has 3 aliphatic carbocycles. The Labute approximate surface area is 283 Å². The number of nitrogens with zero attached hydrogens (tertiary/aromatic N) is 2. The lowest BCUT2D eigenvalue weighted by Crippen LogP contribution is -2.55. The molecule has 1 saturated carbocycles. The molecule has 1 N–H and O–H groups in total. The number of carbonyl (C=O) groups is 4. The van der Waals surface area contributed by atoms with E-state index in [4.69, 9.17) is 9.15 Å². The smallest absolute Gasteiger partial charge is 0.238 e. The molecule has 6 atom stereocenters. The molecule has 0 bridgehead atoms. The minimum atomic E-state index is -1.06. The first-order chi connectivity index (χ1) is 23.6. The summed E-state index contributed by atoms with van der Waals surface area (Å²) in [5.41, 5.74) is 4.27. The van der Waals surface area contributed by atoms with Gasteiger partial charge in [0.25, 0.3) is 0 Å². The maximum absolute atomic E-state index is 14.4. The molecule has 8 rings (SSSR count). The number of aliphatic hydroxyl groups excluding tert-OH is 1. The number of para-hydroxylation sites is 2. The van der Waals surface area contributed by atoms with Crippen molar-refractivity contribution in [2.24, 2.45) is 29.1 Å². The Hall–Kier alpha value is -5.15. The predicted octanol–water partition coefficient (Wildman–Crippen LogP) is 6.22. The number of ketones is 2. The van der Waals surface area contributed by atoms with Gasteiger partial charge in [0.15, 0.2) is 17.1 Å². The molecule has 1 saturated heterocycles. The van der Waals surface area contributed by atoms with E-state index in [-0.39, 0.29) is 36.6 Å². The molecular weight excluding hydrogens is 620 g/mol. The second-order valence-corrected chi connectivity index (χ2v) is 13.8. The van der Waals surface area contributed by atoms with Gasteiger partial charge in [-0.3, -0.25) is 24.1 Å². The molecule has 0 spiro atoms. The Morgan fingerprint density at radius 1 is 0.918 bits per heavy atom. The van der Waals surface area contributed by atoms with Crippen molar-refractivity contribution in [2.45, 2.75) is 39.5 Å². The average Bonchev–Trinajstić information content (AvgIpc) is 3.67. The molecule has 248 valence electrons. The highest BCUT2D eigenvalue weighted by Gasteiger charge is 2.64. The van der Waals surface area contributed by atoms with E-state index in [0.29, 0.717) is 46.9 Å². The van der Waals surface area contributed by atoms with Gasteiger partial charge in [-0.1, -0.05) is 42.8 Å². The number of ether oxygens (including phenoxy) is 1. The zero-order valence-corrected chi connectivity index (χ0v) is 27.5. The van der Waals surface area contributed by atoms with E-state index in [1.54, 1.807) is 50.2 Å². The Morgan fingerprint density at radius 2 is 1.65 bits per heavy atom. The van der Waals surface area contributed by atoms with Crippen LogP contribution in [0.3, 0.4) is 0 Å². The third-order valence-corrected chi connectivity index (χ3v) is 11.4. The average molecular weight is 657 g/mol. The van der Waals surface area contributed by atoms with Crippen LogP contribution in [0, 0.1) is 29.1 Å². The van der Waals surface area contributed by atoms with Crippen LogP contribution < -0.4 is 9.64 Å². The molecule has 1 aromatic heterocycles. The number of carbonyl (C=O) groups excluding carboxylic acids is 4. The molecule has 9 nitrogen and oxygen atoms in total. The first-order valence-corrected chi connectivity index (χ1v) is 16.8. The van der Waals surface area contributed by atoms with Crippen LogP contribution in [0.4, 0.5) is 5.69 Å². The maximum atomic E-state index is 14.4. The summed E-state index contributed by atoms with van der Waals surface area (Å²) in [7, 11) is 0. The van der Waals surface area contributed by atoms with E-state index in [1.807, 2.05) is 43.3 Å². The number of hydrogen-bond acceptors (Lipinski definition) is 8. The zero-order chi connectivity index (χ0) is 34.2. The lowest BCUT2D eigenvalue weighted by Gasteiger charge is -2.54. The number of hydrogen-bond donors (Lipinski definition) is 1. The van der Waals surface area contributed by atoms with Crippen molar-refractivity contribution in [2.75, 3.05) is 18.1 Å². The standard InChI is InChI=1S/C40H36N2O7/c1-21-22(2)36(45)40(3)30(35(21)44)20-29-27(34(40)23-10-14-26(15-11-23)48-19-18-43)16-17-28-33(29)39(47)42(38(28)46)25-12-8-24(9-13-25)37-41-31-6-4-5-7-32(31)49-37/h4-16,28-30,33-34,43H,17-20H2,1-3H3/t28-,29+,30-,33-,34-,40+/m0/s1. The minimum absolute atomic E-state index is 0.0591. The number of fused-ring (bicyclic) bond motifs is 5. The van der Waals surface area contributed by atoms with Crippen molar-refractivity contribution in [1.29, 1.82) is 0 Å². The molecular formula is C40H36N2O7. The fraction of sp³-hybridized carbons (Fsp3) is 0.325. The van der Waals surface area contributed by atoms with E-state index < -0.39 is 35.0 Å². The van der Waals surface area contributed by atoms with Crippen molar-refractivity contribution in [3.05, 3.63) is 101 Å². The van der Waals surface area contributed by atoms with Crippen molar-refractivity contribution in [3.8, 4) is 17.2 Å². The van der Waals surface area contributed by atoms with Gasteiger partial charge in [-0.25, -0.2) is 4.98 Å². The van der Waals surface area contributed by atoms with Crippen molar-refractivity contribution < 1.29 is 33.4 Å². The van der Waals surface area contributed by atoms with E-state index in [9.17, 15) is 24.3 Å². The van der Waals surface area contributed by atoms with Gasteiger partial charge >= 0.3 is 0 Å². The number of anilines is 1. The first-order valence-electron chi connectivity index (χ1n) is 16.8. The molecule has 2 heterocycles. The summed E-state index contributed by atoms with van der Waals surface area (Å²) >= 11 is 0. The SMILES string of the molecule is CC1=C(C)C(=O)[C@@]2(C)[C@@H](c3ccc(OCCO)cc3)C3=CC[C@@H]4C(=O)N(c5ccc(-c6nc7ccccc7o6)cc5)C(=O)[C@@H]4[C@@H]3C[C@H]2C1=O. The summed E-state index contributed by atoms with van der Waals surface area (Å²) < 4.78 is 11.5. The van der Waals surface area contributed by atoms with Gasteiger partial charge in [0.1, 0.15) is 17.9 Å². The highest BCUT2D eigenvalue weighted by molar-refractivity contribution is 6.22. The summed E-state index contributed by atoms with van der Waals surface area (Å²) in [5.74, 6) is -2.38. The van der Waals surface area contributed by atoms with Crippen LogP contribution in [0.5, 0.6) is 5.75 Å². The van der Waals surface area contributed by atoms with Crippen molar-refractivity contribution in [3.63, 3.8) is 0 Å². The van der Waals surface area contributed by atoms with E-state index >= 15 is 0 Å². The summed E-state index contributed by atoms with van der Waals surface area (Å²) in [6.07, 6.45) is 2.73. The van der Waals surface area contributed by atoms with Crippen LogP contribution in [0.2, 0.25) is 0 Å². The number of oxazole rings is 1. The summed E-state index contributed by atoms with van der Waals surface area (Å²) in [6, 6.07) is 22.0.